The topological polar surface area (TPSA) is 47.0 Å². The Labute approximate surface area is 108 Å². The lowest BCUT2D eigenvalue weighted by atomic mass is 9.90. The van der Waals surface area contributed by atoms with Gasteiger partial charge in [-0.3, -0.25) is 0 Å². The average molecular weight is 258 g/mol. The molecular formula is C12H20ClN3O. The first kappa shape index (κ1) is 14.0. The van der Waals surface area contributed by atoms with Gasteiger partial charge in [0.1, 0.15) is 0 Å². The molecule has 0 aromatic carbocycles. The van der Waals surface area contributed by atoms with Gasteiger partial charge in [0.2, 0.25) is 11.8 Å². The van der Waals surface area contributed by atoms with Crippen LogP contribution >= 0.6 is 11.6 Å². The molecule has 0 aliphatic rings. The molecule has 0 amide bonds. The molecule has 5 heteroatoms. The molecule has 0 saturated heterocycles. The fraction of sp³-hybridized carbons (Fsp3) is 0.667. The second kappa shape index (κ2) is 6.64. The van der Waals surface area contributed by atoms with Gasteiger partial charge in [-0.2, -0.15) is 4.98 Å². The van der Waals surface area contributed by atoms with E-state index in [1.54, 1.807) is 12.3 Å². The Morgan fingerprint density at radius 2 is 2.24 bits per heavy atom. The minimum atomic E-state index is 0.132. The number of hydrogen-bond acceptors (Lipinski definition) is 4. The van der Waals surface area contributed by atoms with E-state index < -0.39 is 0 Å². The zero-order chi connectivity index (χ0) is 12.7. The first-order valence-corrected chi connectivity index (χ1v) is 6.36. The monoisotopic (exact) mass is 257 g/mol. The molecule has 1 heterocycles. The van der Waals surface area contributed by atoms with Crippen molar-refractivity contribution in [2.45, 2.75) is 27.2 Å². The number of rotatable bonds is 7. The van der Waals surface area contributed by atoms with E-state index in [0.717, 1.165) is 13.0 Å². The third-order valence-corrected chi connectivity index (χ3v) is 2.61. The van der Waals surface area contributed by atoms with Gasteiger partial charge < -0.3 is 10.1 Å². The van der Waals surface area contributed by atoms with Gasteiger partial charge in [0.05, 0.1) is 6.61 Å². The molecule has 0 aliphatic carbocycles. The van der Waals surface area contributed by atoms with Crippen molar-refractivity contribution in [3.05, 3.63) is 12.3 Å². The maximum atomic E-state index is 5.76. The molecule has 4 nitrogen and oxygen atoms in total. The summed E-state index contributed by atoms with van der Waals surface area (Å²) in [6, 6.07) is 1.75. The maximum Gasteiger partial charge on any atom is 0.225 e. The standard InChI is InChI=1S/C12H20ClN3O/c1-4-17-10-5-8-14-11(16-10)15-9-12(2,3)6-7-13/h5,8H,4,6-7,9H2,1-3H3,(H,14,15,16). The fourth-order valence-electron chi connectivity index (χ4n) is 1.32. The zero-order valence-corrected chi connectivity index (χ0v) is 11.4. The second-order valence-corrected chi connectivity index (χ2v) is 4.99. The van der Waals surface area contributed by atoms with Gasteiger partial charge in [0, 0.05) is 24.7 Å². The summed E-state index contributed by atoms with van der Waals surface area (Å²) in [5, 5.41) is 3.21. The third kappa shape index (κ3) is 5.22. The Kier molecular flexibility index (Phi) is 5.48. The zero-order valence-electron chi connectivity index (χ0n) is 10.7. The summed E-state index contributed by atoms with van der Waals surface area (Å²) >= 11 is 5.76. The Morgan fingerprint density at radius 3 is 2.88 bits per heavy atom. The predicted octanol–water partition coefficient (Wildman–Crippen LogP) is 2.94. The summed E-state index contributed by atoms with van der Waals surface area (Å²) in [7, 11) is 0. The van der Waals surface area contributed by atoms with E-state index >= 15 is 0 Å². The molecule has 1 rings (SSSR count). The normalized spacial score (nSPS) is 11.3. The molecule has 1 aromatic rings. The smallest absolute Gasteiger partial charge is 0.225 e. The van der Waals surface area contributed by atoms with Crippen molar-refractivity contribution in [3.63, 3.8) is 0 Å². The van der Waals surface area contributed by atoms with E-state index in [2.05, 4.69) is 29.1 Å². The minimum Gasteiger partial charge on any atom is -0.478 e. The van der Waals surface area contributed by atoms with Gasteiger partial charge in [0.15, 0.2) is 0 Å². The molecule has 0 atom stereocenters. The third-order valence-electron chi connectivity index (χ3n) is 2.42. The van der Waals surface area contributed by atoms with Crippen LogP contribution in [0.2, 0.25) is 0 Å². The molecule has 1 N–H and O–H groups in total. The van der Waals surface area contributed by atoms with Crippen LogP contribution in [0.5, 0.6) is 5.88 Å². The number of nitrogens with zero attached hydrogens (tertiary/aromatic N) is 2. The number of halogens is 1. The van der Waals surface area contributed by atoms with Crippen molar-refractivity contribution in [2.75, 3.05) is 24.3 Å². The van der Waals surface area contributed by atoms with Crippen LogP contribution in [-0.4, -0.2) is 29.0 Å². The van der Waals surface area contributed by atoms with Crippen molar-refractivity contribution in [1.29, 1.82) is 0 Å². The SMILES string of the molecule is CCOc1ccnc(NCC(C)(C)CCCl)n1. The van der Waals surface area contributed by atoms with E-state index in [1.807, 2.05) is 6.92 Å². The van der Waals surface area contributed by atoms with Gasteiger partial charge >= 0.3 is 0 Å². The van der Waals surface area contributed by atoms with Gasteiger partial charge in [-0.05, 0) is 18.8 Å². The highest BCUT2D eigenvalue weighted by atomic mass is 35.5. The van der Waals surface area contributed by atoms with Crippen LogP contribution in [0.15, 0.2) is 12.3 Å². The highest BCUT2D eigenvalue weighted by molar-refractivity contribution is 6.17. The van der Waals surface area contributed by atoms with Crippen molar-refractivity contribution >= 4 is 17.5 Å². The molecule has 0 aliphatic heterocycles. The van der Waals surface area contributed by atoms with Crippen molar-refractivity contribution in [1.82, 2.24) is 9.97 Å². The van der Waals surface area contributed by atoms with Crippen LogP contribution in [0.1, 0.15) is 27.2 Å². The molecule has 1 aromatic heterocycles. The molecule has 0 radical (unpaired) electrons. The molecule has 0 spiro atoms. The van der Waals surface area contributed by atoms with Gasteiger partial charge in [-0.1, -0.05) is 13.8 Å². The lowest BCUT2D eigenvalue weighted by molar-refractivity contribution is 0.326. The van der Waals surface area contributed by atoms with Crippen LogP contribution < -0.4 is 10.1 Å². The molecule has 17 heavy (non-hydrogen) atoms. The van der Waals surface area contributed by atoms with E-state index in [0.29, 0.717) is 24.3 Å². The molecule has 0 bridgehead atoms. The number of aromatic nitrogens is 2. The van der Waals surface area contributed by atoms with Crippen molar-refractivity contribution < 1.29 is 4.74 Å². The highest BCUT2D eigenvalue weighted by Crippen LogP contribution is 2.21. The number of hydrogen-bond donors (Lipinski definition) is 1. The first-order valence-electron chi connectivity index (χ1n) is 5.83. The summed E-state index contributed by atoms with van der Waals surface area (Å²) in [6.45, 7) is 7.64. The van der Waals surface area contributed by atoms with Crippen LogP contribution in [0.3, 0.4) is 0 Å². The minimum absolute atomic E-state index is 0.132. The van der Waals surface area contributed by atoms with Gasteiger partial charge in [-0.15, -0.1) is 11.6 Å². The Balaban J connectivity index is 2.53. The summed E-state index contributed by atoms with van der Waals surface area (Å²) in [6.07, 6.45) is 2.64. The molecule has 96 valence electrons. The Hall–Kier alpha value is -1.03. The largest absolute Gasteiger partial charge is 0.478 e. The second-order valence-electron chi connectivity index (χ2n) is 4.61. The number of ether oxygens (including phenoxy) is 1. The predicted molar refractivity (Wildman–Crippen MR) is 70.8 cm³/mol. The van der Waals surface area contributed by atoms with Crippen LogP contribution in [0.25, 0.3) is 0 Å². The van der Waals surface area contributed by atoms with Crippen LogP contribution in [0, 0.1) is 5.41 Å². The summed E-state index contributed by atoms with van der Waals surface area (Å²) in [5.74, 6) is 1.85. The average Bonchev–Trinajstić information content (AvgIpc) is 2.28. The Bertz CT molecular complexity index is 344. The number of nitrogens with one attached hydrogen (secondary N) is 1. The van der Waals surface area contributed by atoms with Gasteiger partial charge in [0.25, 0.3) is 0 Å². The summed E-state index contributed by atoms with van der Waals surface area (Å²) in [5.41, 5.74) is 0.132. The van der Waals surface area contributed by atoms with Crippen LogP contribution in [-0.2, 0) is 0 Å². The Morgan fingerprint density at radius 1 is 1.47 bits per heavy atom. The molecule has 0 unspecified atom stereocenters. The van der Waals surface area contributed by atoms with E-state index in [1.165, 1.54) is 0 Å². The van der Waals surface area contributed by atoms with E-state index in [9.17, 15) is 0 Å². The fourth-order valence-corrected chi connectivity index (χ4v) is 1.83. The van der Waals surface area contributed by atoms with Crippen molar-refractivity contribution in [3.8, 4) is 5.88 Å². The number of alkyl halides is 1. The highest BCUT2D eigenvalue weighted by Gasteiger charge is 2.17. The van der Waals surface area contributed by atoms with Crippen LogP contribution in [0.4, 0.5) is 5.95 Å². The molecular weight excluding hydrogens is 238 g/mol. The van der Waals surface area contributed by atoms with E-state index in [-0.39, 0.29) is 5.41 Å². The van der Waals surface area contributed by atoms with E-state index in [4.69, 9.17) is 16.3 Å². The quantitative estimate of drug-likeness (QED) is 0.763. The lowest BCUT2D eigenvalue weighted by Crippen LogP contribution is -2.24. The van der Waals surface area contributed by atoms with Gasteiger partial charge in [-0.25, -0.2) is 4.98 Å². The molecule has 0 saturated carbocycles. The lowest BCUT2D eigenvalue weighted by Gasteiger charge is -2.23. The molecule has 0 fully saturated rings. The number of anilines is 1. The summed E-state index contributed by atoms with van der Waals surface area (Å²) in [4.78, 5) is 8.40. The first-order chi connectivity index (χ1) is 8.07. The maximum absolute atomic E-state index is 5.76. The van der Waals surface area contributed by atoms with Crippen molar-refractivity contribution in [2.24, 2.45) is 5.41 Å². The summed E-state index contributed by atoms with van der Waals surface area (Å²) < 4.78 is 5.31.